The van der Waals surface area contributed by atoms with Crippen LogP contribution >= 0.6 is 11.3 Å². The predicted molar refractivity (Wildman–Crippen MR) is 160 cm³/mol. The van der Waals surface area contributed by atoms with Gasteiger partial charge >= 0.3 is 5.97 Å². The van der Waals surface area contributed by atoms with Crippen LogP contribution in [0.25, 0.3) is 21.6 Å². The summed E-state index contributed by atoms with van der Waals surface area (Å²) in [7, 11) is 0. The molecule has 40 heavy (non-hydrogen) atoms. The Kier molecular flexibility index (Phi) is 7.95. The Balaban J connectivity index is 1.71. The normalized spacial score (nSPS) is 11.9. The van der Waals surface area contributed by atoms with Gasteiger partial charge in [-0.2, -0.15) is 0 Å². The Morgan fingerprint density at radius 2 is 1.90 bits per heavy atom. The van der Waals surface area contributed by atoms with Gasteiger partial charge in [0.25, 0.3) is 5.91 Å². The van der Waals surface area contributed by atoms with Gasteiger partial charge < -0.3 is 31.6 Å². The summed E-state index contributed by atoms with van der Waals surface area (Å²) < 4.78 is 6.12. The summed E-state index contributed by atoms with van der Waals surface area (Å²) in [5.74, 6) is -0.990. The van der Waals surface area contributed by atoms with E-state index < -0.39 is 5.97 Å². The third-order valence-corrected chi connectivity index (χ3v) is 7.88. The number of carbonyl (C=O) groups is 2. The van der Waals surface area contributed by atoms with Crippen molar-refractivity contribution in [2.24, 2.45) is 5.73 Å². The minimum atomic E-state index is -1.19. The van der Waals surface area contributed by atoms with Gasteiger partial charge in [-0.25, -0.2) is 4.79 Å². The van der Waals surface area contributed by atoms with Crippen molar-refractivity contribution in [2.45, 2.75) is 26.3 Å². The van der Waals surface area contributed by atoms with Gasteiger partial charge in [0.1, 0.15) is 5.75 Å². The summed E-state index contributed by atoms with van der Waals surface area (Å²) in [6.45, 7) is 3.49. The van der Waals surface area contributed by atoms with E-state index in [0.29, 0.717) is 53.5 Å². The molecule has 0 spiro atoms. The molecule has 1 aromatic heterocycles. The van der Waals surface area contributed by atoms with Gasteiger partial charge in [-0.1, -0.05) is 25.1 Å². The van der Waals surface area contributed by atoms with Crippen LogP contribution in [0.15, 0.2) is 60.0 Å². The van der Waals surface area contributed by atoms with Crippen molar-refractivity contribution in [1.82, 2.24) is 0 Å². The molecule has 0 saturated heterocycles. The van der Waals surface area contributed by atoms with Gasteiger partial charge in [-0.3, -0.25) is 4.79 Å². The molecule has 0 fully saturated rings. The fourth-order valence-corrected chi connectivity index (χ4v) is 5.86. The highest BCUT2D eigenvalue weighted by Crippen LogP contribution is 2.44. The average molecular weight is 555 g/mol. The number of ether oxygens (including phenoxy) is 1. The van der Waals surface area contributed by atoms with Gasteiger partial charge in [0.2, 0.25) is 0 Å². The number of benzene rings is 3. The van der Waals surface area contributed by atoms with E-state index in [9.17, 15) is 14.7 Å². The van der Waals surface area contributed by atoms with Gasteiger partial charge in [0.15, 0.2) is 0 Å². The number of nitrogens with two attached hydrogens (primary N) is 1. The number of fused-ring (bicyclic) bond motifs is 3. The van der Waals surface area contributed by atoms with E-state index >= 15 is 0 Å². The molecular weight excluding hydrogens is 524 g/mol. The second-order valence-electron chi connectivity index (χ2n) is 9.45. The van der Waals surface area contributed by atoms with Crippen LogP contribution in [0.3, 0.4) is 0 Å². The summed E-state index contributed by atoms with van der Waals surface area (Å²) >= 11 is 1.58. The molecule has 0 atom stereocenters. The van der Waals surface area contributed by atoms with Gasteiger partial charge in [0.05, 0.1) is 12.2 Å². The number of carboxylic acids is 1. The highest BCUT2D eigenvalue weighted by Gasteiger charge is 2.27. The number of amides is 1. The predicted octanol–water partition coefficient (Wildman–Crippen LogP) is 6.25. The summed E-state index contributed by atoms with van der Waals surface area (Å²) in [6, 6.07) is 16.3. The maximum Gasteiger partial charge on any atom is 0.337 e. The third kappa shape index (κ3) is 5.21. The Bertz CT molecular complexity index is 1590. The minimum absolute atomic E-state index is 0.0529. The molecule has 1 aliphatic heterocycles. The van der Waals surface area contributed by atoms with Crippen LogP contribution in [0.5, 0.6) is 5.75 Å². The lowest BCUT2D eigenvalue weighted by molar-refractivity contribution is 0.0697. The largest absolute Gasteiger partial charge is 0.493 e. The molecule has 4 aromatic rings. The Morgan fingerprint density at radius 1 is 1.10 bits per heavy atom. The zero-order chi connectivity index (χ0) is 28.2. The Labute approximate surface area is 236 Å². The number of carbonyl (C=O) groups excluding carboxylic acids is 1. The molecule has 3 aromatic carbocycles. The lowest BCUT2D eigenvalue weighted by Gasteiger charge is -2.19. The number of thiophene rings is 1. The third-order valence-electron chi connectivity index (χ3n) is 6.89. The first kappa shape index (κ1) is 27.1. The summed E-state index contributed by atoms with van der Waals surface area (Å²) in [6.07, 6.45) is 2.61. The molecule has 0 saturated carbocycles. The van der Waals surface area contributed by atoms with E-state index in [1.807, 2.05) is 24.4 Å². The topological polar surface area (TPSA) is 138 Å². The fraction of sp³-hybridized carbons (Fsp3) is 0.194. The number of hydrogen-bond donors (Lipinski definition) is 5. The van der Waals surface area contributed by atoms with Crippen LogP contribution in [0, 0.1) is 5.41 Å². The fourth-order valence-electron chi connectivity index (χ4n) is 4.89. The van der Waals surface area contributed by atoms with Crippen LogP contribution < -0.4 is 21.1 Å². The number of aromatic carboxylic acids is 1. The summed E-state index contributed by atoms with van der Waals surface area (Å²) in [5, 5.41) is 26.5. The SMILES string of the molecule is CCCNc1ccc(-c2cc3c(cc2C(=O)Nc2ccc(CN)cc2)-c2sccc2CCO3)c(C(=O)O)c1C=N. The smallest absolute Gasteiger partial charge is 0.337 e. The number of carboxylic acid groups (broad SMARTS) is 1. The number of rotatable bonds is 9. The molecule has 6 N–H and O–H groups in total. The van der Waals surface area contributed by atoms with Crippen molar-refractivity contribution in [3.05, 3.63) is 87.8 Å². The maximum atomic E-state index is 13.9. The second kappa shape index (κ2) is 11.7. The van der Waals surface area contributed by atoms with E-state index in [1.54, 1.807) is 47.7 Å². The van der Waals surface area contributed by atoms with Gasteiger partial charge in [-0.15, -0.1) is 11.3 Å². The first-order valence-electron chi connectivity index (χ1n) is 13.1. The van der Waals surface area contributed by atoms with Gasteiger partial charge in [-0.05, 0) is 70.5 Å². The van der Waals surface area contributed by atoms with Crippen LogP contribution in [0.4, 0.5) is 11.4 Å². The lowest BCUT2D eigenvalue weighted by Crippen LogP contribution is -2.15. The van der Waals surface area contributed by atoms with Crippen molar-refractivity contribution in [2.75, 3.05) is 23.8 Å². The zero-order valence-corrected chi connectivity index (χ0v) is 22.9. The lowest BCUT2D eigenvalue weighted by atomic mass is 9.89. The molecule has 0 unspecified atom stereocenters. The number of anilines is 2. The highest BCUT2D eigenvalue weighted by atomic mass is 32.1. The van der Waals surface area contributed by atoms with Crippen molar-refractivity contribution in [1.29, 1.82) is 5.41 Å². The first-order valence-corrected chi connectivity index (χ1v) is 14.0. The monoisotopic (exact) mass is 554 g/mol. The van der Waals surface area contributed by atoms with E-state index in [1.165, 1.54) is 0 Å². The Hall–Kier alpha value is -4.47. The van der Waals surface area contributed by atoms with Crippen molar-refractivity contribution in [3.8, 4) is 27.3 Å². The average Bonchev–Trinajstić information content (AvgIpc) is 3.36. The summed E-state index contributed by atoms with van der Waals surface area (Å²) in [5.41, 5.74) is 11.0. The van der Waals surface area contributed by atoms with Crippen LogP contribution in [0.2, 0.25) is 0 Å². The number of hydrogen-bond acceptors (Lipinski definition) is 7. The molecular formula is C31H30N4O4S. The van der Waals surface area contributed by atoms with E-state index in [0.717, 1.165) is 40.6 Å². The van der Waals surface area contributed by atoms with E-state index in [-0.39, 0.29) is 17.0 Å². The molecule has 5 rings (SSSR count). The van der Waals surface area contributed by atoms with Gasteiger partial charge in [0, 0.05) is 58.7 Å². The van der Waals surface area contributed by atoms with E-state index in [4.69, 9.17) is 15.9 Å². The van der Waals surface area contributed by atoms with Crippen molar-refractivity contribution >= 4 is 40.8 Å². The van der Waals surface area contributed by atoms with Crippen molar-refractivity contribution in [3.63, 3.8) is 0 Å². The molecule has 0 radical (unpaired) electrons. The Morgan fingerprint density at radius 3 is 2.60 bits per heavy atom. The molecule has 204 valence electrons. The summed E-state index contributed by atoms with van der Waals surface area (Å²) in [4.78, 5) is 27.5. The maximum absolute atomic E-state index is 13.9. The first-order chi connectivity index (χ1) is 19.4. The number of nitrogens with one attached hydrogen (secondary N) is 3. The minimum Gasteiger partial charge on any atom is -0.493 e. The molecule has 0 bridgehead atoms. The highest BCUT2D eigenvalue weighted by molar-refractivity contribution is 7.13. The molecule has 2 heterocycles. The standard InChI is InChI=1S/C31H30N4O4S/c1-2-11-34-26-8-7-21(28(31(37)38)25(26)17-33)22-15-27-24(29-19(9-12-39-27)10-13-40-29)14-23(22)30(36)35-20-5-3-18(16-32)4-6-20/h3-8,10,13-15,17,33-34H,2,9,11-12,16,32H2,1H3,(H,35,36)(H,37,38). The van der Waals surface area contributed by atoms with Crippen LogP contribution in [-0.2, 0) is 13.0 Å². The molecule has 8 nitrogen and oxygen atoms in total. The van der Waals surface area contributed by atoms with Crippen LogP contribution in [-0.4, -0.2) is 36.3 Å². The quantitative estimate of drug-likeness (QED) is 0.155. The molecule has 1 amide bonds. The zero-order valence-electron chi connectivity index (χ0n) is 22.0. The van der Waals surface area contributed by atoms with Crippen LogP contribution in [0.1, 0.15) is 50.8 Å². The van der Waals surface area contributed by atoms with E-state index in [2.05, 4.69) is 16.7 Å². The molecule has 9 heteroatoms. The molecule has 1 aliphatic rings. The van der Waals surface area contributed by atoms with Crippen molar-refractivity contribution < 1.29 is 19.4 Å². The molecule has 0 aliphatic carbocycles. The second-order valence-corrected chi connectivity index (χ2v) is 10.4.